The van der Waals surface area contributed by atoms with Crippen LogP contribution in [0.2, 0.25) is 0 Å². The molecule has 1 aromatic heterocycles. The van der Waals surface area contributed by atoms with Gasteiger partial charge in [-0.25, -0.2) is 14.2 Å². The van der Waals surface area contributed by atoms with Crippen molar-refractivity contribution in [2.75, 3.05) is 0 Å². The van der Waals surface area contributed by atoms with Crippen molar-refractivity contribution in [2.24, 2.45) is 4.99 Å². The molecular weight excluding hydrogens is 289 g/mol. The summed E-state index contributed by atoms with van der Waals surface area (Å²) in [6.07, 6.45) is 2.88. The number of esters is 1. The molecular formula is C16H12FNO2S. The zero-order valence-electron chi connectivity index (χ0n) is 11.1. The second-order valence-corrected chi connectivity index (χ2v) is 5.55. The lowest BCUT2D eigenvalue weighted by Crippen LogP contribution is -2.05. The Hall–Kier alpha value is -2.27. The van der Waals surface area contributed by atoms with E-state index >= 15 is 0 Å². The number of aryl methyl sites for hydroxylation is 1. The van der Waals surface area contributed by atoms with Gasteiger partial charge < -0.3 is 4.74 Å². The van der Waals surface area contributed by atoms with Gasteiger partial charge in [-0.1, -0.05) is 18.2 Å². The number of hydrogen-bond acceptors (Lipinski definition) is 4. The van der Waals surface area contributed by atoms with E-state index in [1.54, 1.807) is 18.2 Å². The molecule has 0 atom stereocenters. The lowest BCUT2D eigenvalue weighted by molar-refractivity contribution is -0.130. The minimum atomic E-state index is -0.419. The van der Waals surface area contributed by atoms with Crippen LogP contribution in [0, 0.1) is 5.82 Å². The Morgan fingerprint density at radius 2 is 2.00 bits per heavy atom. The smallest absolute Gasteiger partial charge is 0.363 e. The van der Waals surface area contributed by atoms with E-state index in [1.165, 1.54) is 23.5 Å². The van der Waals surface area contributed by atoms with Crippen LogP contribution in [0.15, 0.2) is 52.5 Å². The summed E-state index contributed by atoms with van der Waals surface area (Å²) in [5.41, 5.74) is 1.30. The van der Waals surface area contributed by atoms with Crippen molar-refractivity contribution in [3.05, 3.63) is 63.7 Å². The Labute approximate surface area is 125 Å². The van der Waals surface area contributed by atoms with E-state index in [0.717, 1.165) is 10.4 Å². The molecule has 0 spiro atoms. The molecule has 2 aromatic rings. The molecule has 1 aliphatic rings. The Bertz CT molecular complexity index is 702. The lowest BCUT2D eigenvalue weighted by atomic mass is 10.1. The topological polar surface area (TPSA) is 38.7 Å². The van der Waals surface area contributed by atoms with Crippen LogP contribution in [0.25, 0.3) is 6.08 Å². The summed E-state index contributed by atoms with van der Waals surface area (Å²) >= 11 is 1.54. The summed E-state index contributed by atoms with van der Waals surface area (Å²) in [6.45, 7) is 0. The second kappa shape index (κ2) is 6.01. The van der Waals surface area contributed by atoms with E-state index in [-0.39, 0.29) is 5.82 Å². The van der Waals surface area contributed by atoms with Crippen molar-refractivity contribution in [1.29, 1.82) is 0 Å². The summed E-state index contributed by atoms with van der Waals surface area (Å²) in [4.78, 5) is 16.9. The first-order chi connectivity index (χ1) is 10.2. The van der Waals surface area contributed by atoms with Crippen molar-refractivity contribution >= 4 is 29.3 Å². The third-order valence-corrected chi connectivity index (χ3v) is 3.85. The highest BCUT2D eigenvalue weighted by Gasteiger charge is 2.22. The van der Waals surface area contributed by atoms with E-state index in [9.17, 15) is 9.18 Å². The third kappa shape index (κ3) is 3.44. The highest BCUT2D eigenvalue weighted by Crippen LogP contribution is 2.20. The van der Waals surface area contributed by atoms with Crippen LogP contribution in [0.4, 0.5) is 4.39 Å². The molecule has 3 rings (SSSR count). The number of benzene rings is 1. The number of hydrogen-bond donors (Lipinski definition) is 0. The standard InChI is InChI=1S/C16H12FNO2S/c17-12-6-3-11(4-7-12)5-8-15-18-14(16(19)20-15)10-13-2-1-9-21-13/h1-4,6-7,9-10H,5,8H2/b14-10+. The summed E-state index contributed by atoms with van der Waals surface area (Å²) in [5.74, 6) is -0.269. The van der Waals surface area contributed by atoms with Crippen molar-refractivity contribution in [3.63, 3.8) is 0 Å². The molecule has 0 saturated heterocycles. The highest BCUT2D eigenvalue weighted by atomic mass is 32.1. The van der Waals surface area contributed by atoms with E-state index in [0.29, 0.717) is 24.4 Å². The van der Waals surface area contributed by atoms with E-state index < -0.39 is 5.97 Å². The molecule has 0 radical (unpaired) electrons. The van der Waals surface area contributed by atoms with Gasteiger partial charge in [-0.15, -0.1) is 11.3 Å². The fourth-order valence-corrected chi connectivity index (χ4v) is 2.62. The number of thiophene rings is 1. The molecule has 0 bridgehead atoms. The number of cyclic esters (lactones) is 1. The molecule has 0 amide bonds. The number of ether oxygens (including phenoxy) is 1. The number of nitrogens with zero attached hydrogens (tertiary/aromatic N) is 1. The average molecular weight is 301 g/mol. The summed E-state index contributed by atoms with van der Waals surface area (Å²) in [5, 5.41) is 1.94. The third-order valence-electron chi connectivity index (χ3n) is 3.03. The fourth-order valence-electron chi connectivity index (χ4n) is 1.97. The molecule has 0 fully saturated rings. The van der Waals surface area contributed by atoms with Gasteiger partial charge in [0.15, 0.2) is 11.6 Å². The lowest BCUT2D eigenvalue weighted by Gasteiger charge is -2.00. The molecule has 0 aliphatic carbocycles. The normalized spacial score (nSPS) is 16.1. The maximum atomic E-state index is 12.8. The predicted molar refractivity (Wildman–Crippen MR) is 80.5 cm³/mol. The van der Waals surface area contributed by atoms with Gasteiger partial charge in [-0.05, 0) is 41.6 Å². The van der Waals surface area contributed by atoms with Gasteiger partial charge in [0.2, 0.25) is 0 Å². The predicted octanol–water partition coefficient (Wildman–Crippen LogP) is 3.82. The van der Waals surface area contributed by atoms with Crippen molar-refractivity contribution in [1.82, 2.24) is 0 Å². The SMILES string of the molecule is O=C1OC(CCc2ccc(F)cc2)=N/C1=C/c1cccs1. The fraction of sp³-hybridized carbons (Fsp3) is 0.125. The van der Waals surface area contributed by atoms with Crippen molar-refractivity contribution < 1.29 is 13.9 Å². The minimum absolute atomic E-state index is 0.260. The van der Waals surface area contributed by atoms with Crippen LogP contribution in [0.3, 0.4) is 0 Å². The van der Waals surface area contributed by atoms with Crippen LogP contribution >= 0.6 is 11.3 Å². The van der Waals surface area contributed by atoms with Crippen molar-refractivity contribution in [2.45, 2.75) is 12.8 Å². The van der Waals surface area contributed by atoms with Crippen LogP contribution in [-0.4, -0.2) is 11.9 Å². The van der Waals surface area contributed by atoms with Crippen LogP contribution in [0.5, 0.6) is 0 Å². The molecule has 21 heavy (non-hydrogen) atoms. The largest absolute Gasteiger partial charge is 0.407 e. The molecule has 1 aromatic carbocycles. The Kier molecular flexibility index (Phi) is 3.92. The van der Waals surface area contributed by atoms with Gasteiger partial charge in [-0.3, -0.25) is 0 Å². The van der Waals surface area contributed by atoms with Gasteiger partial charge in [0, 0.05) is 11.3 Å². The van der Waals surface area contributed by atoms with E-state index in [1.807, 2.05) is 17.5 Å². The van der Waals surface area contributed by atoms with Crippen LogP contribution < -0.4 is 0 Å². The Morgan fingerprint density at radius 1 is 1.19 bits per heavy atom. The summed E-state index contributed by atoms with van der Waals surface area (Å²) in [6, 6.07) is 10.1. The van der Waals surface area contributed by atoms with Gasteiger partial charge in [-0.2, -0.15) is 0 Å². The monoisotopic (exact) mass is 301 g/mol. The van der Waals surface area contributed by atoms with Gasteiger partial charge in [0.1, 0.15) is 5.82 Å². The maximum absolute atomic E-state index is 12.8. The van der Waals surface area contributed by atoms with E-state index in [4.69, 9.17) is 4.74 Å². The summed E-state index contributed by atoms with van der Waals surface area (Å²) in [7, 11) is 0. The minimum Gasteiger partial charge on any atom is -0.407 e. The number of rotatable bonds is 4. The first-order valence-corrected chi connectivity index (χ1v) is 7.38. The van der Waals surface area contributed by atoms with Gasteiger partial charge >= 0.3 is 5.97 Å². The molecule has 0 unspecified atom stereocenters. The van der Waals surface area contributed by atoms with Crippen molar-refractivity contribution in [3.8, 4) is 0 Å². The van der Waals surface area contributed by atoms with Crippen LogP contribution in [-0.2, 0) is 16.0 Å². The number of aliphatic imine (C=N–C) groups is 1. The maximum Gasteiger partial charge on any atom is 0.363 e. The Balaban J connectivity index is 1.66. The molecule has 106 valence electrons. The quantitative estimate of drug-likeness (QED) is 0.636. The van der Waals surface area contributed by atoms with E-state index in [2.05, 4.69) is 4.99 Å². The number of carbonyl (C=O) groups is 1. The first-order valence-electron chi connectivity index (χ1n) is 6.50. The zero-order chi connectivity index (χ0) is 14.7. The van der Waals surface area contributed by atoms with Crippen LogP contribution in [0.1, 0.15) is 16.9 Å². The summed E-state index contributed by atoms with van der Waals surface area (Å²) < 4.78 is 18.0. The Morgan fingerprint density at radius 3 is 2.71 bits per heavy atom. The molecule has 2 heterocycles. The average Bonchev–Trinajstić information content (AvgIpc) is 3.10. The molecule has 0 N–H and O–H groups in total. The molecule has 5 heteroatoms. The first kappa shape index (κ1) is 13.7. The molecule has 0 saturated carbocycles. The number of carbonyl (C=O) groups excluding carboxylic acids is 1. The zero-order valence-corrected chi connectivity index (χ0v) is 11.9. The molecule has 1 aliphatic heterocycles. The van der Waals surface area contributed by atoms with Gasteiger partial charge in [0.25, 0.3) is 0 Å². The molecule has 3 nitrogen and oxygen atoms in total. The highest BCUT2D eigenvalue weighted by molar-refractivity contribution is 7.10. The number of halogens is 1. The second-order valence-electron chi connectivity index (χ2n) is 4.57. The van der Waals surface area contributed by atoms with Gasteiger partial charge in [0.05, 0.1) is 0 Å².